The molecule has 1 aromatic heterocycles. The lowest BCUT2D eigenvalue weighted by Crippen LogP contribution is -2.00. The van der Waals surface area contributed by atoms with Gasteiger partial charge in [0.2, 0.25) is 0 Å². The predicted octanol–water partition coefficient (Wildman–Crippen LogP) is 4.16. The minimum absolute atomic E-state index is 0.269. The molecule has 6 heteroatoms. The van der Waals surface area contributed by atoms with Crippen LogP contribution in [0.1, 0.15) is 11.3 Å². The van der Waals surface area contributed by atoms with Crippen LogP contribution >= 0.6 is 28.1 Å². The third-order valence-corrected chi connectivity index (χ3v) is 4.08. The number of nitrogens with zero attached hydrogens (tertiary/aromatic N) is 1. The molecule has 0 atom stereocenters. The Labute approximate surface area is 124 Å². The number of rotatable bonds is 3. The molecule has 19 heavy (non-hydrogen) atoms. The number of aryl methyl sites for hydroxylation is 1. The van der Waals surface area contributed by atoms with Gasteiger partial charge in [0, 0.05) is 12.7 Å². The molecule has 1 heterocycles. The first kappa shape index (κ1) is 14.3. The first-order chi connectivity index (χ1) is 9.02. The van der Waals surface area contributed by atoms with Gasteiger partial charge in [0.05, 0.1) is 16.8 Å². The number of nitrogens with one attached hydrogen (secondary N) is 1. The second-order valence-electron chi connectivity index (χ2n) is 4.08. The van der Waals surface area contributed by atoms with Gasteiger partial charge in [-0.25, -0.2) is 9.37 Å². The van der Waals surface area contributed by atoms with Crippen molar-refractivity contribution in [1.82, 2.24) is 9.97 Å². The van der Waals surface area contributed by atoms with Crippen molar-refractivity contribution in [3.63, 3.8) is 0 Å². The third kappa shape index (κ3) is 3.08. The van der Waals surface area contributed by atoms with Gasteiger partial charge in [0.25, 0.3) is 0 Å². The number of hydrogen-bond acceptors (Lipinski definition) is 3. The van der Waals surface area contributed by atoms with E-state index < -0.39 is 0 Å². The standard InChI is InChI=1S/C13H12BrFN2OS/c1-7-3-4-8(5-9(7)15)12-16-10(6-18-2)11(14)13(19)17-12/h3-5H,6H2,1-2H3,(H,16,17,19). The van der Waals surface area contributed by atoms with E-state index in [1.54, 1.807) is 26.2 Å². The molecule has 0 aliphatic heterocycles. The van der Waals surface area contributed by atoms with Crippen molar-refractivity contribution in [1.29, 1.82) is 0 Å². The number of H-pyrrole nitrogens is 1. The minimum atomic E-state index is -0.269. The normalized spacial score (nSPS) is 10.7. The van der Waals surface area contributed by atoms with Crippen LogP contribution in [0.2, 0.25) is 0 Å². The van der Waals surface area contributed by atoms with Crippen molar-refractivity contribution >= 4 is 28.1 Å². The Bertz CT molecular complexity index is 672. The van der Waals surface area contributed by atoms with Crippen LogP contribution in [0.4, 0.5) is 4.39 Å². The van der Waals surface area contributed by atoms with Gasteiger partial charge in [0.15, 0.2) is 0 Å². The average Bonchev–Trinajstić information content (AvgIpc) is 2.38. The van der Waals surface area contributed by atoms with Gasteiger partial charge >= 0.3 is 0 Å². The van der Waals surface area contributed by atoms with Gasteiger partial charge in [-0.1, -0.05) is 24.4 Å². The van der Waals surface area contributed by atoms with E-state index in [0.717, 1.165) is 5.69 Å². The van der Waals surface area contributed by atoms with Gasteiger partial charge in [0.1, 0.15) is 16.3 Å². The van der Waals surface area contributed by atoms with E-state index in [9.17, 15) is 4.39 Å². The lowest BCUT2D eigenvalue weighted by Gasteiger charge is -2.08. The molecule has 0 spiro atoms. The SMILES string of the molecule is COCc1[nH]c(-c2ccc(C)c(F)c2)nc(=S)c1Br. The topological polar surface area (TPSA) is 37.9 Å². The van der Waals surface area contributed by atoms with Crippen LogP contribution in [0.5, 0.6) is 0 Å². The van der Waals surface area contributed by atoms with Gasteiger partial charge in [-0.2, -0.15) is 0 Å². The number of methoxy groups -OCH3 is 1. The second-order valence-corrected chi connectivity index (χ2v) is 5.26. The number of ether oxygens (including phenoxy) is 1. The van der Waals surface area contributed by atoms with Crippen molar-refractivity contribution in [3.05, 3.63) is 44.4 Å². The molecule has 0 radical (unpaired) electrons. The number of halogens is 2. The maximum absolute atomic E-state index is 13.6. The van der Waals surface area contributed by atoms with Gasteiger partial charge in [-0.05, 0) is 34.5 Å². The van der Waals surface area contributed by atoms with Crippen LogP contribution in [-0.2, 0) is 11.3 Å². The lowest BCUT2D eigenvalue weighted by molar-refractivity contribution is 0.181. The fourth-order valence-electron chi connectivity index (χ4n) is 1.63. The van der Waals surface area contributed by atoms with Crippen LogP contribution in [0.3, 0.4) is 0 Å². The Morgan fingerprint density at radius 2 is 2.21 bits per heavy atom. The Balaban J connectivity index is 2.56. The predicted molar refractivity (Wildman–Crippen MR) is 78.0 cm³/mol. The van der Waals surface area contributed by atoms with Crippen molar-refractivity contribution in [2.24, 2.45) is 0 Å². The van der Waals surface area contributed by atoms with Crippen LogP contribution in [0.25, 0.3) is 11.4 Å². The second kappa shape index (κ2) is 5.90. The maximum Gasteiger partial charge on any atom is 0.144 e. The molecule has 0 saturated heterocycles. The summed E-state index contributed by atoms with van der Waals surface area (Å²) in [6.45, 7) is 2.08. The number of aromatic amines is 1. The summed E-state index contributed by atoms with van der Waals surface area (Å²) in [5, 5.41) is 0. The molecule has 3 nitrogen and oxygen atoms in total. The molecule has 2 rings (SSSR count). The van der Waals surface area contributed by atoms with E-state index in [1.807, 2.05) is 0 Å². The van der Waals surface area contributed by atoms with Crippen molar-refractivity contribution in [2.75, 3.05) is 7.11 Å². The maximum atomic E-state index is 13.6. The zero-order valence-corrected chi connectivity index (χ0v) is 12.9. The van der Waals surface area contributed by atoms with Crippen LogP contribution in [0, 0.1) is 17.4 Å². The zero-order valence-electron chi connectivity index (χ0n) is 10.5. The van der Waals surface area contributed by atoms with Crippen LogP contribution < -0.4 is 0 Å². The highest BCUT2D eigenvalue weighted by molar-refractivity contribution is 9.10. The highest BCUT2D eigenvalue weighted by Crippen LogP contribution is 2.23. The van der Waals surface area contributed by atoms with Crippen LogP contribution in [-0.4, -0.2) is 17.1 Å². The molecule has 2 aromatic rings. The Kier molecular flexibility index (Phi) is 4.44. The summed E-state index contributed by atoms with van der Waals surface area (Å²) < 4.78 is 19.8. The van der Waals surface area contributed by atoms with E-state index in [4.69, 9.17) is 17.0 Å². The fourth-order valence-corrected chi connectivity index (χ4v) is 2.14. The fraction of sp³-hybridized carbons (Fsp3) is 0.231. The molecule has 1 N–H and O–H groups in total. The Morgan fingerprint density at radius 3 is 2.84 bits per heavy atom. The van der Waals surface area contributed by atoms with Crippen molar-refractivity contribution in [3.8, 4) is 11.4 Å². The summed E-state index contributed by atoms with van der Waals surface area (Å²) in [7, 11) is 1.59. The largest absolute Gasteiger partial charge is 0.378 e. The molecule has 0 unspecified atom stereocenters. The molecule has 100 valence electrons. The highest BCUT2D eigenvalue weighted by Gasteiger charge is 2.09. The smallest absolute Gasteiger partial charge is 0.144 e. The van der Waals surface area contributed by atoms with E-state index in [0.29, 0.717) is 32.7 Å². The summed E-state index contributed by atoms with van der Waals surface area (Å²) in [5.74, 6) is 0.258. The highest BCUT2D eigenvalue weighted by atomic mass is 79.9. The minimum Gasteiger partial charge on any atom is -0.378 e. The molecule has 0 saturated carbocycles. The van der Waals surface area contributed by atoms with E-state index >= 15 is 0 Å². The molecular weight excluding hydrogens is 331 g/mol. The first-order valence-electron chi connectivity index (χ1n) is 5.57. The van der Waals surface area contributed by atoms with E-state index in [-0.39, 0.29) is 5.82 Å². The molecule has 0 bridgehead atoms. The number of hydrogen-bond donors (Lipinski definition) is 1. The summed E-state index contributed by atoms with van der Waals surface area (Å²) in [5.41, 5.74) is 2.02. The molecule has 0 aliphatic rings. The van der Waals surface area contributed by atoms with Gasteiger partial charge in [-0.3, -0.25) is 0 Å². The monoisotopic (exact) mass is 342 g/mol. The molecular formula is C13H12BrFN2OS. The summed E-state index contributed by atoms with van der Waals surface area (Å²) in [4.78, 5) is 7.35. The average molecular weight is 343 g/mol. The van der Waals surface area contributed by atoms with Gasteiger partial charge < -0.3 is 9.72 Å². The lowest BCUT2D eigenvalue weighted by atomic mass is 10.1. The molecule has 0 amide bonds. The summed E-state index contributed by atoms with van der Waals surface area (Å²) in [6, 6.07) is 4.95. The summed E-state index contributed by atoms with van der Waals surface area (Å²) in [6.07, 6.45) is 0. The number of aromatic nitrogens is 2. The first-order valence-corrected chi connectivity index (χ1v) is 6.77. The van der Waals surface area contributed by atoms with Gasteiger partial charge in [-0.15, -0.1) is 0 Å². The quantitative estimate of drug-likeness (QED) is 0.851. The number of benzene rings is 1. The van der Waals surface area contributed by atoms with Crippen molar-refractivity contribution in [2.45, 2.75) is 13.5 Å². The molecule has 1 aromatic carbocycles. The molecule has 0 aliphatic carbocycles. The van der Waals surface area contributed by atoms with E-state index in [1.165, 1.54) is 6.07 Å². The Morgan fingerprint density at radius 1 is 1.47 bits per heavy atom. The molecule has 0 fully saturated rings. The summed E-state index contributed by atoms with van der Waals surface area (Å²) >= 11 is 8.54. The van der Waals surface area contributed by atoms with E-state index in [2.05, 4.69) is 25.9 Å². The van der Waals surface area contributed by atoms with Crippen LogP contribution in [0.15, 0.2) is 22.7 Å². The van der Waals surface area contributed by atoms with Crippen molar-refractivity contribution < 1.29 is 9.13 Å². The zero-order chi connectivity index (χ0) is 14.0. The third-order valence-electron chi connectivity index (χ3n) is 2.67. The Hall–Kier alpha value is -1.11.